The van der Waals surface area contributed by atoms with E-state index in [2.05, 4.69) is 16.7 Å². The van der Waals surface area contributed by atoms with Crippen molar-refractivity contribution in [1.29, 1.82) is 0 Å². The van der Waals surface area contributed by atoms with Gasteiger partial charge in [-0.3, -0.25) is 0 Å². The van der Waals surface area contributed by atoms with E-state index in [9.17, 15) is 0 Å². The van der Waals surface area contributed by atoms with E-state index in [1.54, 1.807) is 0 Å². The Morgan fingerprint density at radius 2 is 1.40 bits per heavy atom. The molecule has 0 unspecified atom stereocenters. The topological polar surface area (TPSA) is 32.5 Å². The summed E-state index contributed by atoms with van der Waals surface area (Å²) in [6.07, 6.45) is 5.12. The molecule has 0 amide bonds. The summed E-state index contributed by atoms with van der Waals surface area (Å²) in [4.78, 5) is 5.18. The Hall–Kier alpha value is -0.120. The Kier molecular flexibility index (Phi) is 6.98. The van der Waals surface area contributed by atoms with Gasteiger partial charge in [-0.1, -0.05) is 13.3 Å². The van der Waals surface area contributed by atoms with Crippen molar-refractivity contribution in [2.24, 2.45) is 5.73 Å². The van der Waals surface area contributed by atoms with E-state index in [1.165, 1.54) is 65.0 Å². The monoisotopic (exact) mass is 213 g/mol. The van der Waals surface area contributed by atoms with Crippen molar-refractivity contribution in [3.63, 3.8) is 0 Å². The average molecular weight is 213 g/mol. The largest absolute Gasteiger partial charge is 0.330 e. The van der Waals surface area contributed by atoms with Crippen LogP contribution in [0.5, 0.6) is 0 Å². The van der Waals surface area contributed by atoms with Crippen LogP contribution in [-0.4, -0.2) is 55.6 Å². The zero-order chi connectivity index (χ0) is 10.9. The number of nitrogens with two attached hydrogens (primary N) is 1. The molecule has 90 valence electrons. The van der Waals surface area contributed by atoms with E-state index in [1.807, 2.05) is 0 Å². The molecule has 0 atom stereocenters. The van der Waals surface area contributed by atoms with Gasteiger partial charge in [-0.2, -0.15) is 0 Å². The van der Waals surface area contributed by atoms with Crippen LogP contribution in [0.2, 0.25) is 0 Å². The molecule has 1 fully saturated rings. The van der Waals surface area contributed by atoms with Gasteiger partial charge >= 0.3 is 0 Å². The van der Waals surface area contributed by atoms with Gasteiger partial charge in [-0.05, 0) is 38.9 Å². The molecule has 1 saturated heterocycles. The third-order valence-electron chi connectivity index (χ3n) is 3.22. The SMILES string of the molecule is CCCCN1CCN(CCCCN)CC1. The van der Waals surface area contributed by atoms with Crippen LogP contribution < -0.4 is 5.73 Å². The molecule has 0 radical (unpaired) electrons. The van der Waals surface area contributed by atoms with E-state index in [-0.39, 0.29) is 0 Å². The second-order valence-electron chi connectivity index (χ2n) is 4.53. The third kappa shape index (κ3) is 5.50. The van der Waals surface area contributed by atoms with Crippen molar-refractivity contribution < 1.29 is 0 Å². The highest BCUT2D eigenvalue weighted by atomic mass is 15.3. The lowest BCUT2D eigenvalue weighted by Gasteiger charge is -2.34. The third-order valence-corrected chi connectivity index (χ3v) is 3.22. The van der Waals surface area contributed by atoms with Crippen LogP contribution in [0.15, 0.2) is 0 Å². The van der Waals surface area contributed by atoms with Crippen molar-refractivity contribution >= 4 is 0 Å². The Morgan fingerprint density at radius 1 is 0.867 bits per heavy atom. The van der Waals surface area contributed by atoms with Gasteiger partial charge in [-0.25, -0.2) is 0 Å². The maximum absolute atomic E-state index is 5.49. The van der Waals surface area contributed by atoms with Crippen molar-refractivity contribution in [3.8, 4) is 0 Å². The highest BCUT2D eigenvalue weighted by Crippen LogP contribution is 2.04. The minimum absolute atomic E-state index is 0.844. The molecule has 1 aliphatic rings. The highest BCUT2D eigenvalue weighted by molar-refractivity contribution is 4.71. The summed E-state index contributed by atoms with van der Waals surface area (Å²) in [6.45, 7) is 10.7. The number of nitrogens with zero attached hydrogens (tertiary/aromatic N) is 2. The second kappa shape index (κ2) is 8.08. The van der Waals surface area contributed by atoms with Crippen LogP contribution in [0.1, 0.15) is 32.6 Å². The zero-order valence-electron chi connectivity index (χ0n) is 10.2. The fourth-order valence-electron chi connectivity index (χ4n) is 2.10. The highest BCUT2D eigenvalue weighted by Gasteiger charge is 2.15. The molecule has 0 aromatic heterocycles. The number of rotatable bonds is 7. The Balaban J connectivity index is 2.02. The van der Waals surface area contributed by atoms with Gasteiger partial charge in [0.1, 0.15) is 0 Å². The maximum Gasteiger partial charge on any atom is 0.0110 e. The molecular weight excluding hydrogens is 186 g/mol. The van der Waals surface area contributed by atoms with E-state index in [0.717, 1.165) is 6.54 Å². The van der Waals surface area contributed by atoms with Gasteiger partial charge in [0.05, 0.1) is 0 Å². The molecule has 3 heteroatoms. The summed E-state index contributed by atoms with van der Waals surface area (Å²) in [5.41, 5.74) is 5.49. The molecule has 1 rings (SSSR count). The predicted octanol–water partition coefficient (Wildman–Crippen LogP) is 1.14. The van der Waals surface area contributed by atoms with Crippen molar-refractivity contribution in [3.05, 3.63) is 0 Å². The summed E-state index contributed by atoms with van der Waals surface area (Å²) in [6, 6.07) is 0. The molecule has 2 N–H and O–H groups in total. The molecule has 0 aliphatic carbocycles. The van der Waals surface area contributed by atoms with Crippen LogP contribution in [-0.2, 0) is 0 Å². The Labute approximate surface area is 94.6 Å². The van der Waals surface area contributed by atoms with Gasteiger partial charge in [0.15, 0.2) is 0 Å². The van der Waals surface area contributed by atoms with Crippen LogP contribution in [0.25, 0.3) is 0 Å². The van der Waals surface area contributed by atoms with Gasteiger partial charge in [0.25, 0.3) is 0 Å². The summed E-state index contributed by atoms with van der Waals surface area (Å²) in [5.74, 6) is 0. The molecule has 0 bridgehead atoms. The molecule has 0 spiro atoms. The zero-order valence-corrected chi connectivity index (χ0v) is 10.2. The first-order valence-corrected chi connectivity index (χ1v) is 6.51. The van der Waals surface area contributed by atoms with Gasteiger partial charge in [-0.15, -0.1) is 0 Å². The lowest BCUT2D eigenvalue weighted by molar-refractivity contribution is 0.130. The fourth-order valence-corrected chi connectivity index (χ4v) is 2.10. The molecule has 0 aromatic carbocycles. The van der Waals surface area contributed by atoms with E-state index >= 15 is 0 Å². The first-order chi connectivity index (χ1) is 7.36. The van der Waals surface area contributed by atoms with Crippen LogP contribution >= 0.6 is 0 Å². The summed E-state index contributed by atoms with van der Waals surface area (Å²) >= 11 is 0. The van der Waals surface area contributed by atoms with Gasteiger partial charge in [0, 0.05) is 26.2 Å². The summed E-state index contributed by atoms with van der Waals surface area (Å²) < 4.78 is 0. The van der Waals surface area contributed by atoms with Crippen LogP contribution in [0.3, 0.4) is 0 Å². The molecule has 15 heavy (non-hydrogen) atoms. The molecular formula is C12H27N3. The average Bonchev–Trinajstić information content (AvgIpc) is 2.28. The van der Waals surface area contributed by atoms with Crippen LogP contribution in [0, 0.1) is 0 Å². The normalized spacial score (nSPS) is 19.6. The molecule has 3 nitrogen and oxygen atoms in total. The van der Waals surface area contributed by atoms with Crippen LogP contribution in [0.4, 0.5) is 0 Å². The molecule has 0 saturated carbocycles. The summed E-state index contributed by atoms with van der Waals surface area (Å²) in [7, 11) is 0. The summed E-state index contributed by atoms with van der Waals surface area (Å²) in [5, 5.41) is 0. The van der Waals surface area contributed by atoms with Crippen molar-refractivity contribution in [2.75, 3.05) is 45.8 Å². The fraction of sp³-hybridized carbons (Fsp3) is 1.00. The van der Waals surface area contributed by atoms with Crippen molar-refractivity contribution in [1.82, 2.24) is 9.80 Å². The quantitative estimate of drug-likeness (QED) is 0.644. The van der Waals surface area contributed by atoms with Gasteiger partial charge < -0.3 is 15.5 Å². The van der Waals surface area contributed by atoms with E-state index < -0.39 is 0 Å². The number of hydrogen-bond acceptors (Lipinski definition) is 3. The lowest BCUT2D eigenvalue weighted by Crippen LogP contribution is -2.46. The lowest BCUT2D eigenvalue weighted by atomic mass is 10.2. The maximum atomic E-state index is 5.49. The standard InChI is InChI=1S/C12H27N3/c1-2-3-7-14-9-11-15(12-10-14)8-5-4-6-13/h2-13H2,1H3. The van der Waals surface area contributed by atoms with Crippen molar-refractivity contribution in [2.45, 2.75) is 32.6 Å². The number of unbranched alkanes of at least 4 members (excludes halogenated alkanes) is 2. The number of hydrogen-bond donors (Lipinski definition) is 1. The van der Waals surface area contributed by atoms with Gasteiger partial charge in [0.2, 0.25) is 0 Å². The molecule has 0 aromatic rings. The Morgan fingerprint density at radius 3 is 1.87 bits per heavy atom. The molecule has 1 aliphatic heterocycles. The first kappa shape index (κ1) is 12.9. The Bertz CT molecular complexity index is 142. The predicted molar refractivity (Wildman–Crippen MR) is 66.1 cm³/mol. The second-order valence-corrected chi connectivity index (χ2v) is 4.53. The number of piperazine rings is 1. The molecule has 1 heterocycles. The smallest absolute Gasteiger partial charge is 0.0110 e. The van der Waals surface area contributed by atoms with E-state index in [4.69, 9.17) is 5.73 Å². The minimum Gasteiger partial charge on any atom is -0.330 e. The minimum atomic E-state index is 0.844. The first-order valence-electron chi connectivity index (χ1n) is 6.51. The van der Waals surface area contributed by atoms with E-state index in [0.29, 0.717) is 0 Å².